The van der Waals surface area contributed by atoms with Crippen LogP contribution >= 0.6 is 11.3 Å². The van der Waals surface area contributed by atoms with E-state index in [1.165, 1.54) is 12.1 Å². The Morgan fingerprint density at radius 2 is 2.50 bits per heavy atom. The lowest BCUT2D eigenvalue weighted by Crippen LogP contribution is -1.87. The van der Waals surface area contributed by atoms with Gasteiger partial charge in [0.2, 0.25) is 0 Å². The number of rotatable bonds is 3. The molecule has 56 valence electrons. The first kappa shape index (κ1) is 7.54. The number of aromatic nitrogens is 1. The zero-order valence-corrected chi connectivity index (χ0v) is 7.16. The molecule has 0 aliphatic rings. The molecule has 0 atom stereocenters. The van der Waals surface area contributed by atoms with Gasteiger partial charge in [0.15, 0.2) is 5.13 Å². The fraction of sp³-hybridized carbons (Fsp3) is 0.571. The first-order chi connectivity index (χ1) is 4.86. The second-order valence-corrected chi connectivity index (χ2v) is 3.00. The van der Waals surface area contributed by atoms with Crippen molar-refractivity contribution in [3.63, 3.8) is 0 Å². The molecule has 0 aliphatic carbocycles. The van der Waals surface area contributed by atoms with Gasteiger partial charge in [0.05, 0.1) is 5.69 Å². The highest BCUT2D eigenvalue weighted by atomic mass is 32.1. The van der Waals surface area contributed by atoms with E-state index in [2.05, 4.69) is 22.6 Å². The van der Waals surface area contributed by atoms with E-state index in [4.69, 9.17) is 0 Å². The molecule has 0 aliphatic heterocycles. The Balaban J connectivity index is 2.59. The van der Waals surface area contributed by atoms with Gasteiger partial charge < -0.3 is 5.32 Å². The van der Waals surface area contributed by atoms with Crippen LogP contribution in [0.4, 0.5) is 5.13 Å². The molecular formula is C7H12N2S. The minimum atomic E-state index is 1.02. The average Bonchev–Trinajstić information content (AvgIpc) is 2.37. The molecule has 3 heteroatoms. The molecule has 0 spiro atoms. The highest BCUT2D eigenvalue weighted by molar-refractivity contribution is 7.13. The van der Waals surface area contributed by atoms with Crippen LogP contribution in [-0.2, 0) is 6.42 Å². The standard InChI is InChI=1S/C7H12N2S/c1-3-4-6-5-10-7(8-2)9-6/h5H,3-4H2,1-2H3,(H,8,9). The molecule has 0 saturated heterocycles. The number of thiazole rings is 1. The minimum absolute atomic E-state index is 1.02. The van der Waals surface area contributed by atoms with Crippen molar-refractivity contribution in [2.75, 3.05) is 12.4 Å². The summed E-state index contributed by atoms with van der Waals surface area (Å²) in [4.78, 5) is 4.33. The molecule has 1 rings (SSSR count). The second-order valence-electron chi connectivity index (χ2n) is 2.14. The van der Waals surface area contributed by atoms with Crippen LogP contribution in [0.2, 0.25) is 0 Å². The lowest BCUT2D eigenvalue weighted by atomic mass is 10.3. The minimum Gasteiger partial charge on any atom is -0.365 e. The summed E-state index contributed by atoms with van der Waals surface area (Å²) in [6.07, 6.45) is 2.27. The van der Waals surface area contributed by atoms with E-state index in [1.54, 1.807) is 11.3 Å². The van der Waals surface area contributed by atoms with E-state index in [0.717, 1.165) is 11.6 Å². The maximum Gasteiger partial charge on any atom is 0.182 e. The zero-order chi connectivity index (χ0) is 7.40. The number of anilines is 1. The quantitative estimate of drug-likeness (QED) is 0.725. The third-order valence-electron chi connectivity index (χ3n) is 1.27. The second kappa shape index (κ2) is 3.56. The van der Waals surface area contributed by atoms with Crippen LogP contribution in [0.1, 0.15) is 19.0 Å². The Morgan fingerprint density at radius 3 is 3.00 bits per heavy atom. The van der Waals surface area contributed by atoms with Crippen molar-refractivity contribution >= 4 is 16.5 Å². The Bertz CT molecular complexity index is 195. The monoisotopic (exact) mass is 156 g/mol. The number of nitrogens with one attached hydrogen (secondary N) is 1. The van der Waals surface area contributed by atoms with Gasteiger partial charge in [-0.3, -0.25) is 0 Å². The summed E-state index contributed by atoms with van der Waals surface area (Å²) < 4.78 is 0. The first-order valence-electron chi connectivity index (χ1n) is 3.49. The van der Waals surface area contributed by atoms with E-state index in [-0.39, 0.29) is 0 Å². The Labute approximate surface area is 65.3 Å². The topological polar surface area (TPSA) is 24.9 Å². The molecule has 1 aromatic rings. The third kappa shape index (κ3) is 1.70. The molecular weight excluding hydrogens is 144 g/mol. The van der Waals surface area contributed by atoms with Crippen molar-refractivity contribution < 1.29 is 0 Å². The van der Waals surface area contributed by atoms with Gasteiger partial charge >= 0.3 is 0 Å². The molecule has 1 aromatic heterocycles. The van der Waals surface area contributed by atoms with Gasteiger partial charge in [-0.05, 0) is 6.42 Å². The first-order valence-corrected chi connectivity index (χ1v) is 4.37. The van der Waals surface area contributed by atoms with Crippen LogP contribution in [0.15, 0.2) is 5.38 Å². The summed E-state index contributed by atoms with van der Waals surface area (Å²) in [5.74, 6) is 0. The normalized spacial score (nSPS) is 9.80. The van der Waals surface area contributed by atoms with E-state index in [0.29, 0.717) is 0 Å². The molecule has 1 heterocycles. The maximum atomic E-state index is 4.33. The Hall–Kier alpha value is -0.570. The van der Waals surface area contributed by atoms with Crippen LogP contribution in [0.5, 0.6) is 0 Å². The van der Waals surface area contributed by atoms with Crippen LogP contribution in [0.25, 0.3) is 0 Å². The highest BCUT2D eigenvalue weighted by Crippen LogP contribution is 2.14. The SMILES string of the molecule is CCCc1csc(NC)n1. The van der Waals surface area contributed by atoms with Crippen molar-refractivity contribution in [3.05, 3.63) is 11.1 Å². The molecule has 10 heavy (non-hydrogen) atoms. The van der Waals surface area contributed by atoms with Gasteiger partial charge in [-0.25, -0.2) is 4.98 Å². The smallest absolute Gasteiger partial charge is 0.182 e. The third-order valence-corrected chi connectivity index (χ3v) is 2.18. The van der Waals surface area contributed by atoms with E-state index >= 15 is 0 Å². The summed E-state index contributed by atoms with van der Waals surface area (Å²) in [6.45, 7) is 2.17. The van der Waals surface area contributed by atoms with Crippen LogP contribution in [0, 0.1) is 0 Å². The van der Waals surface area contributed by atoms with E-state index in [9.17, 15) is 0 Å². The largest absolute Gasteiger partial charge is 0.365 e. The van der Waals surface area contributed by atoms with Crippen molar-refractivity contribution in [3.8, 4) is 0 Å². The maximum absolute atomic E-state index is 4.33. The fourth-order valence-electron chi connectivity index (χ4n) is 0.793. The zero-order valence-electron chi connectivity index (χ0n) is 6.35. The molecule has 0 fully saturated rings. The summed E-state index contributed by atoms with van der Waals surface area (Å²) in [5, 5.41) is 6.14. The predicted octanol–water partition coefficient (Wildman–Crippen LogP) is 2.14. The predicted molar refractivity (Wildman–Crippen MR) is 45.7 cm³/mol. The number of hydrogen-bond donors (Lipinski definition) is 1. The summed E-state index contributed by atoms with van der Waals surface area (Å²) >= 11 is 1.67. The molecule has 2 nitrogen and oxygen atoms in total. The van der Waals surface area contributed by atoms with E-state index in [1.807, 2.05) is 7.05 Å². The van der Waals surface area contributed by atoms with Crippen molar-refractivity contribution in [2.24, 2.45) is 0 Å². The van der Waals surface area contributed by atoms with E-state index < -0.39 is 0 Å². The van der Waals surface area contributed by atoms with Crippen molar-refractivity contribution in [2.45, 2.75) is 19.8 Å². The lowest BCUT2D eigenvalue weighted by Gasteiger charge is -1.89. The molecule has 1 N–H and O–H groups in total. The Morgan fingerprint density at radius 1 is 1.70 bits per heavy atom. The molecule has 0 unspecified atom stereocenters. The lowest BCUT2D eigenvalue weighted by molar-refractivity contribution is 0.893. The summed E-state index contributed by atoms with van der Waals surface area (Å²) in [7, 11) is 1.90. The Kier molecular flexibility index (Phi) is 2.68. The molecule has 0 aromatic carbocycles. The summed E-state index contributed by atoms with van der Waals surface area (Å²) in [5.41, 5.74) is 1.21. The van der Waals surface area contributed by atoms with Gasteiger partial charge in [-0.2, -0.15) is 0 Å². The van der Waals surface area contributed by atoms with Gasteiger partial charge in [-0.1, -0.05) is 13.3 Å². The fourth-order valence-corrected chi connectivity index (χ4v) is 1.50. The molecule has 0 amide bonds. The van der Waals surface area contributed by atoms with Crippen LogP contribution in [0.3, 0.4) is 0 Å². The average molecular weight is 156 g/mol. The highest BCUT2D eigenvalue weighted by Gasteiger charge is 1.96. The molecule has 0 saturated carbocycles. The van der Waals surface area contributed by atoms with Crippen LogP contribution < -0.4 is 5.32 Å². The molecule has 0 bridgehead atoms. The summed E-state index contributed by atoms with van der Waals surface area (Å²) in [6, 6.07) is 0. The van der Waals surface area contributed by atoms with Gasteiger partial charge in [0.1, 0.15) is 0 Å². The van der Waals surface area contributed by atoms with Crippen LogP contribution in [-0.4, -0.2) is 12.0 Å². The number of hydrogen-bond acceptors (Lipinski definition) is 3. The van der Waals surface area contributed by atoms with Gasteiger partial charge in [-0.15, -0.1) is 11.3 Å². The molecule has 0 radical (unpaired) electrons. The van der Waals surface area contributed by atoms with Crippen molar-refractivity contribution in [1.29, 1.82) is 0 Å². The van der Waals surface area contributed by atoms with Gasteiger partial charge in [0.25, 0.3) is 0 Å². The number of aryl methyl sites for hydroxylation is 1. The van der Waals surface area contributed by atoms with Gasteiger partial charge in [0, 0.05) is 12.4 Å². The number of nitrogens with zero attached hydrogens (tertiary/aromatic N) is 1. The van der Waals surface area contributed by atoms with Crippen molar-refractivity contribution in [1.82, 2.24) is 4.98 Å².